The summed E-state index contributed by atoms with van der Waals surface area (Å²) in [5, 5.41) is 9.79. The van der Waals surface area contributed by atoms with Gasteiger partial charge in [-0.2, -0.15) is 0 Å². The minimum atomic E-state index is -4.75. The highest BCUT2D eigenvalue weighted by atomic mass is 31.2. The minimum absolute atomic E-state index is 0.132. The minimum Gasteiger partial charge on any atom is -0.462 e. The highest BCUT2D eigenvalue weighted by Crippen LogP contribution is 2.43. The molecular weight excluding hydrogens is 904 g/mol. The quantitative estimate of drug-likeness (QED) is 0.0197. The van der Waals surface area contributed by atoms with Crippen molar-refractivity contribution in [3.05, 3.63) is 60.8 Å². The average Bonchev–Trinajstić information content (AvgIpc) is 3.35. The number of phosphoric acid groups is 1. The third kappa shape index (κ3) is 50.1. The zero-order chi connectivity index (χ0) is 51.3. The summed E-state index contributed by atoms with van der Waals surface area (Å²) >= 11 is 0. The first-order valence-corrected chi connectivity index (χ1v) is 29.7. The molecule has 3 unspecified atom stereocenters. The summed E-state index contributed by atoms with van der Waals surface area (Å²) in [5.74, 6) is -1.51. The lowest BCUT2D eigenvalue weighted by Crippen LogP contribution is -2.30. The standard InChI is InChI=1S/C58H103O11P/c1-4-7-10-13-16-19-22-25-26-27-28-31-32-35-38-41-44-47-56(60)65-51-55(69-58(62)49-46-43-40-37-34-30-24-21-18-15-12-9-6-3)53-67-70(63,64)66-52-54(50-59)68-57(61)48-45-42-39-36-33-29-23-20-17-14-11-8-5-2/h9,11-12,14,18,20-21,23,30,34,54-55,59H,4-8,10,13,15-17,19,22,24-29,31-33,35-53H2,1-3H3,(H,63,64)/b12-9-,14-11-,21-18-,23-20-,34-30-. The van der Waals surface area contributed by atoms with Crippen LogP contribution in [0.25, 0.3) is 0 Å². The van der Waals surface area contributed by atoms with E-state index in [0.29, 0.717) is 19.3 Å². The maximum Gasteiger partial charge on any atom is 0.472 e. The number of esters is 3. The molecule has 0 radical (unpaired) electrons. The Morgan fingerprint density at radius 1 is 0.414 bits per heavy atom. The topological polar surface area (TPSA) is 155 Å². The van der Waals surface area contributed by atoms with Crippen LogP contribution in [0.4, 0.5) is 0 Å². The number of unbranched alkanes of at least 4 members (excludes halogenated alkanes) is 25. The summed E-state index contributed by atoms with van der Waals surface area (Å²) < 4.78 is 39.4. The second kappa shape index (κ2) is 52.5. The molecule has 0 amide bonds. The summed E-state index contributed by atoms with van der Waals surface area (Å²) in [4.78, 5) is 48.4. The van der Waals surface area contributed by atoms with Crippen LogP contribution in [0.5, 0.6) is 0 Å². The van der Waals surface area contributed by atoms with Crippen molar-refractivity contribution in [2.24, 2.45) is 0 Å². The predicted molar refractivity (Wildman–Crippen MR) is 288 cm³/mol. The number of carbonyl (C=O) groups is 3. The first kappa shape index (κ1) is 67.2. The van der Waals surface area contributed by atoms with Gasteiger partial charge in [0.2, 0.25) is 0 Å². The number of phosphoric ester groups is 1. The highest BCUT2D eigenvalue weighted by Gasteiger charge is 2.28. The molecule has 0 aliphatic heterocycles. The summed E-state index contributed by atoms with van der Waals surface area (Å²) in [6.45, 7) is 4.43. The van der Waals surface area contributed by atoms with E-state index < -0.39 is 57.8 Å². The van der Waals surface area contributed by atoms with Crippen LogP contribution in [0.1, 0.15) is 252 Å². The third-order valence-corrected chi connectivity index (χ3v) is 12.9. The first-order valence-electron chi connectivity index (χ1n) is 28.2. The fourth-order valence-electron chi connectivity index (χ4n) is 7.64. The van der Waals surface area contributed by atoms with Crippen LogP contribution in [0.15, 0.2) is 60.8 Å². The monoisotopic (exact) mass is 1010 g/mol. The SMILES string of the molecule is CC/C=C\C/C=C\C/C=C\CCCCCC(=O)OC(COC(=O)CCCCCCCCCCCCCCCCCCC)COP(=O)(O)OCC(CO)OC(=O)CCCCCCC/C=C\C/C=C\CCC. The zero-order valence-electron chi connectivity index (χ0n) is 44.7. The van der Waals surface area contributed by atoms with Gasteiger partial charge in [-0.25, -0.2) is 4.57 Å². The van der Waals surface area contributed by atoms with E-state index in [4.69, 9.17) is 23.3 Å². The molecule has 0 aromatic rings. The van der Waals surface area contributed by atoms with Gasteiger partial charge in [0.25, 0.3) is 0 Å². The molecule has 3 atom stereocenters. The Kier molecular flexibility index (Phi) is 50.4. The van der Waals surface area contributed by atoms with Gasteiger partial charge >= 0.3 is 25.7 Å². The molecule has 0 aromatic heterocycles. The average molecular weight is 1010 g/mol. The van der Waals surface area contributed by atoms with E-state index in [9.17, 15) is 28.9 Å². The van der Waals surface area contributed by atoms with Crippen molar-refractivity contribution in [2.75, 3.05) is 26.4 Å². The van der Waals surface area contributed by atoms with Crippen molar-refractivity contribution < 1.29 is 52.2 Å². The van der Waals surface area contributed by atoms with Crippen LogP contribution in [0, 0.1) is 0 Å². The summed E-state index contributed by atoms with van der Waals surface area (Å²) in [6, 6.07) is 0. The fourth-order valence-corrected chi connectivity index (χ4v) is 8.43. The summed E-state index contributed by atoms with van der Waals surface area (Å²) in [7, 11) is -4.75. The van der Waals surface area contributed by atoms with Crippen LogP contribution in [0.3, 0.4) is 0 Å². The molecule has 11 nitrogen and oxygen atoms in total. The van der Waals surface area contributed by atoms with Crippen molar-refractivity contribution in [2.45, 2.75) is 264 Å². The van der Waals surface area contributed by atoms with Crippen molar-refractivity contribution in [1.82, 2.24) is 0 Å². The van der Waals surface area contributed by atoms with Gasteiger partial charge in [0.05, 0.1) is 19.8 Å². The Labute approximate surface area is 427 Å². The van der Waals surface area contributed by atoms with Gasteiger partial charge in [0.1, 0.15) is 12.7 Å². The number of rotatable bonds is 52. The molecule has 0 fully saturated rings. The van der Waals surface area contributed by atoms with Gasteiger partial charge in [0, 0.05) is 19.3 Å². The Balaban J connectivity index is 4.73. The first-order chi connectivity index (χ1) is 34.2. The number of aliphatic hydroxyl groups excluding tert-OH is 1. The Morgan fingerprint density at radius 2 is 0.771 bits per heavy atom. The second-order valence-corrected chi connectivity index (χ2v) is 20.2. The number of aliphatic hydroxyl groups is 1. The molecule has 0 aromatic carbocycles. The lowest BCUT2D eigenvalue weighted by molar-refractivity contribution is -0.161. The Morgan fingerprint density at radius 3 is 1.21 bits per heavy atom. The molecule has 70 heavy (non-hydrogen) atoms. The smallest absolute Gasteiger partial charge is 0.462 e. The molecular formula is C58H103O11P. The van der Waals surface area contributed by atoms with Gasteiger partial charge in [-0.15, -0.1) is 0 Å². The fraction of sp³-hybridized carbons (Fsp3) is 0.776. The molecule has 0 rings (SSSR count). The van der Waals surface area contributed by atoms with E-state index in [1.807, 2.05) is 0 Å². The largest absolute Gasteiger partial charge is 0.472 e. The molecule has 0 saturated carbocycles. The van der Waals surface area contributed by atoms with E-state index in [1.165, 1.54) is 89.9 Å². The molecule has 0 heterocycles. The van der Waals surface area contributed by atoms with Crippen LogP contribution in [-0.2, 0) is 42.2 Å². The second-order valence-electron chi connectivity index (χ2n) is 18.7. The van der Waals surface area contributed by atoms with Crippen molar-refractivity contribution in [3.63, 3.8) is 0 Å². The number of carbonyl (C=O) groups excluding carboxylic acids is 3. The molecule has 12 heteroatoms. The lowest BCUT2D eigenvalue weighted by atomic mass is 10.0. The Hall–Kier alpha value is -2.82. The van der Waals surface area contributed by atoms with Gasteiger partial charge in [-0.1, -0.05) is 216 Å². The van der Waals surface area contributed by atoms with E-state index in [0.717, 1.165) is 103 Å². The number of ether oxygens (including phenoxy) is 3. The molecule has 0 saturated heterocycles. The van der Waals surface area contributed by atoms with Crippen LogP contribution >= 0.6 is 7.82 Å². The third-order valence-electron chi connectivity index (χ3n) is 11.9. The van der Waals surface area contributed by atoms with E-state index in [-0.39, 0.29) is 25.9 Å². The number of hydrogen-bond donors (Lipinski definition) is 2. The predicted octanol–water partition coefficient (Wildman–Crippen LogP) is 16.4. The van der Waals surface area contributed by atoms with E-state index >= 15 is 0 Å². The van der Waals surface area contributed by atoms with Crippen LogP contribution < -0.4 is 0 Å². The maximum atomic E-state index is 12.9. The number of allylic oxidation sites excluding steroid dienone is 10. The molecule has 0 aliphatic rings. The van der Waals surface area contributed by atoms with Crippen molar-refractivity contribution in [3.8, 4) is 0 Å². The van der Waals surface area contributed by atoms with E-state index in [2.05, 4.69) is 81.5 Å². The van der Waals surface area contributed by atoms with E-state index in [1.54, 1.807) is 0 Å². The zero-order valence-corrected chi connectivity index (χ0v) is 45.6. The number of hydrogen-bond acceptors (Lipinski definition) is 10. The normalized spacial score (nSPS) is 13.8. The molecule has 0 bridgehead atoms. The van der Waals surface area contributed by atoms with Crippen LogP contribution in [-0.4, -0.2) is 66.5 Å². The van der Waals surface area contributed by atoms with Crippen molar-refractivity contribution in [1.29, 1.82) is 0 Å². The molecule has 2 N–H and O–H groups in total. The Bertz CT molecular complexity index is 1410. The van der Waals surface area contributed by atoms with Gasteiger partial charge in [-0.3, -0.25) is 23.4 Å². The van der Waals surface area contributed by atoms with Gasteiger partial charge in [0.15, 0.2) is 6.10 Å². The highest BCUT2D eigenvalue weighted by molar-refractivity contribution is 7.47. The summed E-state index contributed by atoms with van der Waals surface area (Å²) in [6.07, 6.45) is 56.2. The van der Waals surface area contributed by atoms with Gasteiger partial charge < -0.3 is 24.2 Å². The van der Waals surface area contributed by atoms with Crippen molar-refractivity contribution >= 4 is 25.7 Å². The molecule has 0 aliphatic carbocycles. The molecule has 0 spiro atoms. The molecule has 406 valence electrons. The lowest BCUT2D eigenvalue weighted by Gasteiger charge is -2.21. The van der Waals surface area contributed by atoms with Gasteiger partial charge in [-0.05, 0) is 77.0 Å². The van der Waals surface area contributed by atoms with Crippen LogP contribution in [0.2, 0.25) is 0 Å². The summed E-state index contributed by atoms with van der Waals surface area (Å²) in [5.41, 5.74) is 0. The maximum absolute atomic E-state index is 12.9.